The monoisotopic (exact) mass is 358 g/mol. The van der Waals surface area contributed by atoms with E-state index in [0.717, 1.165) is 10.9 Å². The van der Waals surface area contributed by atoms with Gasteiger partial charge in [0.05, 0.1) is 12.1 Å². The molecule has 0 radical (unpaired) electrons. The normalized spacial score (nSPS) is 10.7. The number of rotatable bonds is 5. The fraction of sp³-hybridized carbons (Fsp3) is 0.158. The number of Topliss-reactive ketones (excluding diaryl/α,β-unsaturated/α-hetero) is 1. The molecule has 3 rings (SSSR count). The molecule has 0 spiro atoms. The summed E-state index contributed by atoms with van der Waals surface area (Å²) in [5, 5.41) is 1.06. The zero-order chi connectivity index (χ0) is 18.0. The molecular formula is C19H15ClO5. The number of benzene rings is 2. The SMILES string of the molecule is COc1ccc(C(=O)COc2cc3oc(=O)cc(C)c3cc2Cl)cc1. The van der Waals surface area contributed by atoms with E-state index in [0.29, 0.717) is 21.9 Å². The summed E-state index contributed by atoms with van der Waals surface area (Å²) >= 11 is 6.21. The van der Waals surface area contributed by atoms with E-state index in [1.807, 2.05) is 0 Å². The van der Waals surface area contributed by atoms with Crippen molar-refractivity contribution in [2.24, 2.45) is 0 Å². The van der Waals surface area contributed by atoms with Gasteiger partial charge in [-0.15, -0.1) is 0 Å². The van der Waals surface area contributed by atoms with Gasteiger partial charge in [-0.05, 0) is 42.8 Å². The summed E-state index contributed by atoms with van der Waals surface area (Å²) < 4.78 is 15.7. The fourth-order valence-corrected chi connectivity index (χ4v) is 2.65. The van der Waals surface area contributed by atoms with Crippen molar-refractivity contribution < 1.29 is 18.7 Å². The highest BCUT2D eigenvalue weighted by Gasteiger charge is 2.12. The summed E-state index contributed by atoms with van der Waals surface area (Å²) in [6.07, 6.45) is 0. The van der Waals surface area contributed by atoms with E-state index in [1.54, 1.807) is 44.4 Å². The molecule has 0 bridgehead atoms. The maximum absolute atomic E-state index is 12.2. The molecule has 0 aliphatic heterocycles. The molecule has 0 aliphatic carbocycles. The molecule has 128 valence electrons. The van der Waals surface area contributed by atoms with Crippen molar-refractivity contribution in [2.45, 2.75) is 6.92 Å². The number of halogens is 1. The van der Waals surface area contributed by atoms with E-state index in [-0.39, 0.29) is 18.1 Å². The average molecular weight is 359 g/mol. The Morgan fingerprint density at radius 2 is 1.88 bits per heavy atom. The predicted octanol–water partition coefficient (Wildman–Crippen LogP) is 4.03. The van der Waals surface area contributed by atoms with Crippen LogP contribution in [0.3, 0.4) is 0 Å². The van der Waals surface area contributed by atoms with Crippen LogP contribution in [-0.4, -0.2) is 19.5 Å². The van der Waals surface area contributed by atoms with Crippen LogP contribution in [0.25, 0.3) is 11.0 Å². The Morgan fingerprint density at radius 3 is 2.56 bits per heavy atom. The Hall–Kier alpha value is -2.79. The van der Waals surface area contributed by atoms with Crippen molar-refractivity contribution in [2.75, 3.05) is 13.7 Å². The summed E-state index contributed by atoms with van der Waals surface area (Å²) in [6.45, 7) is 1.61. The van der Waals surface area contributed by atoms with E-state index in [2.05, 4.69) is 0 Å². The quantitative estimate of drug-likeness (QED) is 0.509. The minimum atomic E-state index is -0.451. The lowest BCUT2D eigenvalue weighted by atomic mass is 10.1. The number of ether oxygens (including phenoxy) is 2. The lowest BCUT2D eigenvalue weighted by Crippen LogP contribution is -2.11. The van der Waals surface area contributed by atoms with Crippen molar-refractivity contribution in [3.05, 3.63) is 69.0 Å². The molecule has 0 fully saturated rings. The number of methoxy groups -OCH3 is 1. The molecule has 25 heavy (non-hydrogen) atoms. The highest BCUT2D eigenvalue weighted by atomic mass is 35.5. The van der Waals surface area contributed by atoms with Crippen molar-refractivity contribution in [1.29, 1.82) is 0 Å². The van der Waals surface area contributed by atoms with Crippen LogP contribution in [0.5, 0.6) is 11.5 Å². The molecule has 1 heterocycles. The van der Waals surface area contributed by atoms with Crippen LogP contribution >= 0.6 is 11.6 Å². The van der Waals surface area contributed by atoms with Gasteiger partial charge in [0, 0.05) is 23.1 Å². The van der Waals surface area contributed by atoms with Gasteiger partial charge in [0.1, 0.15) is 17.1 Å². The first-order chi connectivity index (χ1) is 12.0. The summed E-state index contributed by atoms with van der Waals surface area (Å²) in [4.78, 5) is 23.7. The van der Waals surface area contributed by atoms with Gasteiger partial charge in [0.25, 0.3) is 0 Å². The van der Waals surface area contributed by atoms with E-state index in [1.165, 1.54) is 12.1 Å². The molecule has 5 nitrogen and oxygen atoms in total. The highest BCUT2D eigenvalue weighted by Crippen LogP contribution is 2.31. The minimum Gasteiger partial charge on any atom is -0.497 e. The third-order valence-corrected chi connectivity index (χ3v) is 4.07. The predicted molar refractivity (Wildman–Crippen MR) is 95.1 cm³/mol. The van der Waals surface area contributed by atoms with Crippen molar-refractivity contribution in [1.82, 2.24) is 0 Å². The van der Waals surface area contributed by atoms with Gasteiger partial charge < -0.3 is 13.9 Å². The molecule has 0 N–H and O–H groups in total. The largest absolute Gasteiger partial charge is 0.497 e. The third-order valence-electron chi connectivity index (χ3n) is 3.77. The van der Waals surface area contributed by atoms with Crippen LogP contribution in [0.1, 0.15) is 15.9 Å². The Balaban J connectivity index is 1.81. The first kappa shape index (κ1) is 17.0. The topological polar surface area (TPSA) is 65.7 Å². The zero-order valence-corrected chi connectivity index (χ0v) is 14.4. The van der Waals surface area contributed by atoms with Gasteiger partial charge in [-0.2, -0.15) is 0 Å². The second kappa shape index (κ2) is 6.99. The number of carbonyl (C=O) groups is 1. The fourth-order valence-electron chi connectivity index (χ4n) is 2.43. The molecule has 0 amide bonds. The van der Waals surface area contributed by atoms with Gasteiger partial charge in [0.2, 0.25) is 0 Å². The van der Waals surface area contributed by atoms with E-state index in [9.17, 15) is 9.59 Å². The number of hydrogen-bond donors (Lipinski definition) is 0. The molecule has 2 aromatic carbocycles. The molecule has 0 saturated heterocycles. The summed E-state index contributed by atoms with van der Waals surface area (Å²) in [6, 6.07) is 11.3. The Kier molecular flexibility index (Phi) is 4.76. The minimum absolute atomic E-state index is 0.187. The molecule has 0 atom stereocenters. The molecule has 0 aliphatic rings. The van der Waals surface area contributed by atoms with Crippen LogP contribution < -0.4 is 15.1 Å². The molecule has 1 aromatic heterocycles. The molecular weight excluding hydrogens is 344 g/mol. The van der Waals surface area contributed by atoms with Crippen LogP contribution in [0.2, 0.25) is 5.02 Å². The van der Waals surface area contributed by atoms with Gasteiger partial charge in [0.15, 0.2) is 12.4 Å². The smallest absolute Gasteiger partial charge is 0.336 e. The highest BCUT2D eigenvalue weighted by molar-refractivity contribution is 6.32. The third kappa shape index (κ3) is 3.67. The summed E-state index contributed by atoms with van der Waals surface area (Å²) in [7, 11) is 1.56. The molecule has 0 unspecified atom stereocenters. The van der Waals surface area contributed by atoms with Crippen molar-refractivity contribution in [3.8, 4) is 11.5 Å². The second-order valence-electron chi connectivity index (χ2n) is 5.47. The molecule has 3 aromatic rings. The Labute approximate surface area is 148 Å². The van der Waals surface area contributed by atoms with E-state index in [4.69, 9.17) is 25.5 Å². The Bertz CT molecular complexity index is 989. The van der Waals surface area contributed by atoms with E-state index < -0.39 is 5.63 Å². The van der Waals surface area contributed by atoms with Gasteiger partial charge in [-0.25, -0.2) is 4.79 Å². The first-order valence-corrected chi connectivity index (χ1v) is 7.90. The molecule has 0 saturated carbocycles. The van der Waals surface area contributed by atoms with Crippen molar-refractivity contribution >= 4 is 28.4 Å². The molecule has 6 heteroatoms. The number of fused-ring (bicyclic) bond motifs is 1. The Morgan fingerprint density at radius 1 is 1.16 bits per heavy atom. The van der Waals surface area contributed by atoms with E-state index >= 15 is 0 Å². The maximum atomic E-state index is 12.2. The number of ketones is 1. The standard InChI is InChI=1S/C19H15ClO5/c1-11-7-19(22)25-17-9-18(15(20)8-14(11)17)24-10-16(21)12-3-5-13(23-2)6-4-12/h3-9H,10H2,1-2H3. The lowest BCUT2D eigenvalue weighted by molar-refractivity contribution is 0.0921. The van der Waals surface area contributed by atoms with Crippen LogP contribution in [-0.2, 0) is 0 Å². The number of aryl methyl sites for hydroxylation is 1. The first-order valence-electron chi connectivity index (χ1n) is 7.52. The van der Waals surface area contributed by atoms with Gasteiger partial charge in [-0.1, -0.05) is 11.6 Å². The second-order valence-corrected chi connectivity index (χ2v) is 5.87. The van der Waals surface area contributed by atoms with Crippen LogP contribution in [0.15, 0.2) is 51.7 Å². The van der Waals surface area contributed by atoms with Crippen LogP contribution in [0, 0.1) is 6.92 Å². The summed E-state index contributed by atoms with van der Waals surface area (Å²) in [5.41, 5.74) is 1.17. The van der Waals surface area contributed by atoms with Crippen LogP contribution in [0.4, 0.5) is 0 Å². The van der Waals surface area contributed by atoms with Gasteiger partial charge in [-0.3, -0.25) is 4.79 Å². The number of hydrogen-bond acceptors (Lipinski definition) is 5. The lowest BCUT2D eigenvalue weighted by Gasteiger charge is -2.09. The van der Waals surface area contributed by atoms with Gasteiger partial charge >= 0.3 is 5.63 Å². The zero-order valence-electron chi connectivity index (χ0n) is 13.7. The number of carbonyl (C=O) groups excluding carboxylic acids is 1. The maximum Gasteiger partial charge on any atom is 0.336 e. The summed E-state index contributed by atoms with van der Waals surface area (Å²) in [5.74, 6) is 0.745. The van der Waals surface area contributed by atoms with Crippen molar-refractivity contribution in [3.63, 3.8) is 0 Å². The average Bonchev–Trinajstić information content (AvgIpc) is 2.60.